The van der Waals surface area contributed by atoms with Crippen molar-refractivity contribution in [2.75, 3.05) is 13.2 Å². The van der Waals surface area contributed by atoms with E-state index in [1.165, 1.54) is 29.1 Å². The second-order valence-corrected chi connectivity index (χ2v) is 5.58. The first-order chi connectivity index (χ1) is 7.29. The molecular weight excluding hydrogens is 232 g/mol. The Morgan fingerprint density at radius 2 is 2.47 bits per heavy atom. The zero-order valence-electron chi connectivity index (χ0n) is 8.53. The van der Waals surface area contributed by atoms with Crippen molar-refractivity contribution in [3.63, 3.8) is 0 Å². The van der Waals surface area contributed by atoms with Crippen molar-refractivity contribution in [1.82, 2.24) is 9.88 Å². The van der Waals surface area contributed by atoms with Gasteiger partial charge in [-0.05, 0) is 19.4 Å². The third kappa shape index (κ3) is 2.91. The number of aliphatic hydroxyl groups is 1. The third-order valence-corrected chi connectivity index (χ3v) is 3.94. The van der Waals surface area contributed by atoms with Crippen LogP contribution in [-0.4, -0.2) is 34.2 Å². The van der Waals surface area contributed by atoms with Crippen molar-refractivity contribution in [3.8, 4) is 0 Å². The number of aliphatic hydroxyl groups excluding tert-OH is 1. The fourth-order valence-electron chi connectivity index (χ4n) is 2.03. The number of piperidine rings is 1. The van der Waals surface area contributed by atoms with E-state index in [0.29, 0.717) is 10.5 Å². The number of aromatic nitrogens is 1. The van der Waals surface area contributed by atoms with Crippen LogP contribution in [-0.2, 0) is 6.54 Å². The molecule has 5 heteroatoms. The lowest BCUT2D eigenvalue weighted by Crippen LogP contribution is -2.40. The smallest absolute Gasteiger partial charge is 0.183 e. The molecule has 0 aliphatic carbocycles. The van der Waals surface area contributed by atoms with Crippen molar-refractivity contribution in [2.24, 2.45) is 0 Å². The van der Waals surface area contributed by atoms with Crippen LogP contribution in [0.3, 0.4) is 0 Å². The normalized spacial score (nSPS) is 23.2. The first-order valence-electron chi connectivity index (χ1n) is 5.24. The summed E-state index contributed by atoms with van der Waals surface area (Å²) >= 11 is 7.31. The number of thiazole rings is 1. The van der Waals surface area contributed by atoms with Crippen LogP contribution in [0.2, 0.25) is 4.47 Å². The molecule has 0 bridgehead atoms. The van der Waals surface area contributed by atoms with Gasteiger partial charge >= 0.3 is 0 Å². The van der Waals surface area contributed by atoms with Gasteiger partial charge in [-0.25, -0.2) is 4.98 Å². The van der Waals surface area contributed by atoms with Gasteiger partial charge in [-0.3, -0.25) is 4.90 Å². The second kappa shape index (κ2) is 5.25. The summed E-state index contributed by atoms with van der Waals surface area (Å²) in [4.78, 5) is 7.54. The summed E-state index contributed by atoms with van der Waals surface area (Å²) in [6, 6.07) is 0.319. The molecule has 1 fully saturated rings. The zero-order valence-corrected chi connectivity index (χ0v) is 10.1. The number of rotatable bonds is 3. The molecule has 1 aliphatic heterocycles. The van der Waals surface area contributed by atoms with E-state index in [4.69, 9.17) is 11.6 Å². The number of hydrogen-bond acceptors (Lipinski definition) is 4. The first-order valence-corrected chi connectivity index (χ1v) is 6.44. The van der Waals surface area contributed by atoms with Crippen molar-refractivity contribution >= 4 is 22.9 Å². The maximum Gasteiger partial charge on any atom is 0.183 e. The Morgan fingerprint density at radius 1 is 1.60 bits per heavy atom. The maximum atomic E-state index is 9.26. The van der Waals surface area contributed by atoms with Gasteiger partial charge < -0.3 is 5.11 Å². The van der Waals surface area contributed by atoms with Crippen LogP contribution >= 0.6 is 22.9 Å². The minimum Gasteiger partial charge on any atom is -0.395 e. The lowest BCUT2D eigenvalue weighted by atomic mass is 10.0. The highest BCUT2D eigenvalue weighted by Gasteiger charge is 2.21. The van der Waals surface area contributed by atoms with E-state index >= 15 is 0 Å². The van der Waals surface area contributed by atoms with Crippen LogP contribution < -0.4 is 0 Å². The standard InChI is InChI=1S/C10H15ClN2OS/c11-10-12-5-9(15-10)6-13-4-2-1-3-8(13)7-14/h5,8,14H,1-4,6-7H2. The molecule has 3 nitrogen and oxygen atoms in total. The van der Waals surface area contributed by atoms with Gasteiger partial charge in [0.25, 0.3) is 0 Å². The Labute approximate surface area is 98.7 Å². The molecule has 2 rings (SSSR count). The fraction of sp³-hybridized carbons (Fsp3) is 0.700. The highest BCUT2D eigenvalue weighted by molar-refractivity contribution is 7.15. The molecule has 0 amide bonds. The third-order valence-electron chi connectivity index (χ3n) is 2.84. The SMILES string of the molecule is OCC1CCCCN1Cc1cnc(Cl)s1. The van der Waals surface area contributed by atoms with Gasteiger partial charge in [0.2, 0.25) is 0 Å². The van der Waals surface area contributed by atoms with Crippen LogP contribution in [0, 0.1) is 0 Å². The average molecular weight is 247 g/mol. The van der Waals surface area contributed by atoms with Crippen molar-refractivity contribution in [3.05, 3.63) is 15.5 Å². The largest absolute Gasteiger partial charge is 0.395 e. The van der Waals surface area contributed by atoms with Crippen LogP contribution in [0.4, 0.5) is 0 Å². The molecule has 1 atom stereocenters. The molecule has 1 aromatic rings. The highest BCUT2D eigenvalue weighted by Crippen LogP contribution is 2.23. The first kappa shape index (κ1) is 11.3. The van der Waals surface area contributed by atoms with Crippen molar-refractivity contribution in [1.29, 1.82) is 0 Å². The molecule has 0 saturated carbocycles. The Hall–Kier alpha value is -0.160. The topological polar surface area (TPSA) is 36.4 Å². The summed E-state index contributed by atoms with van der Waals surface area (Å²) in [7, 11) is 0. The van der Waals surface area contributed by atoms with Crippen molar-refractivity contribution < 1.29 is 5.11 Å². The van der Waals surface area contributed by atoms with Crippen LogP contribution in [0.15, 0.2) is 6.20 Å². The Kier molecular flexibility index (Phi) is 3.97. The van der Waals surface area contributed by atoms with Gasteiger partial charge in [0.15, 0.2) is 4.47 Å². The maximum absolute atomic E-state index is 9.26. The minimum atomic E-state index is 0.256. The van der Waals surface area contributed by atoms with E-state index in [9.17, 15) is 5.11 Å². The number of halogens is 1. The quantitative estimate of drug-likeness (QED) is 0.888. The van der Waals surface area contributed by atoms with Gasteiger partial charge in [0, 0.05) is 23.7 Å². The predicted molar refractivity (Wildman–Crippen MR) is 62.3 cm³/mol. The number of hydrogen-bond donors (Lipinski definition) is 1. The molecule has 1 saturated heterocycles. The van der Waals surface area contributed by atoms with E-state index < -0.39 is 0 Å². The summed E-state index contributed by atoms with van der Waals surface area (Å²) < 4.78 is 0.600. The number of nitrogens with zero attached hydrogens (tertiary/aromatic N) is 2. The molecule has 0 radical (unpaired) electrons. The lowest BCUT2D eigenvalue weighted by Gasteiger charge is -2.33. The fourth-order valence-corrected chi connectivity index (χ4v) is 3.04. The monoisotopic (exact) mass is 246 g/mol. The molecular formula is C10H15ClN2OS. The highest BCUT2D eigenvalue weighted by atomic mass is 35.5. The molecule has 1 unspecified atom stereocenters. The van der Waals surface area contributed by atoms with Crippen LogP contribution in [0.5, 0.6) is 0 Å². The average Bonchev–Trinajstić information content (AvgIpc) is 2.65. The molecule has 1 aromatic heterocycles. The molecule has 1 aliphatic rings. The molecule has 15 heavy (non-hydrogen) atoms. The Balaban J connectivity index is 1.97. The summed E-state index contributed by atoms with van der Waals surface area (Å²) in [5.74, 6) is 0. The molecule has 0 spiro atoms. The van der Waals surface area contributed by atoms with Gasteiger partial charge in [-0.1, -0.05) is 18.0 Å². The summed E-state index contributed by atoms with van der Waals surface area (Å²) in [6.45, 7) is 2.20. The summed E-state index contributed by atoms with van der Waals surface area (Å²) in [5, 5.41) is 9.26. The van der Waals surface area contributed by atoms with Gasteiger partial charge in [0.1, 0.15) is 0 Å². The van der Waals surface area contributed by atoms with E-state index in [1.54, 1.807) is 0 Å². The van der Waals surface area contributed by atoms with Crippen LogP contribution in [0.25, 0.3) is 0 Å². The van der Waals surface area contributed by atoms with Crippen LogP contribution in [0.1, 0.15) is 24.1 Å². The van der Waals surface area contributed by atoms with E-state index in [0.717, 1.165) is 19.5 Å². The lowest BCUT2D eigenvalue weighted by molar-refractivity contribution is 0.0849. The van der Waals surface area contributed by atoms with Gasteiger partial charge in [-0.15, -0.1) is 11.3 Å². The predicted octanol–water partition coefficient (Wildman–Crippen LogP) is 2.14. The molecule has 2 heterocycles. The number of likely N-dealkylation sites (tertiary alicyclic amines) is 1. The van der Waals surface area contributed by atoms with Crippen molar-refractivity contribution in [2.45, 2.75) is 31.8 Å². The van der Waals surface area contributed by atoms with Gasteiger partial charge in [0.05, 0.1) is 6.61 Å². The molecule has 1 N–H and O–H groups in total. The summed E-state index contributed by atoms with van der Waals surface area (Å²) in [6.07, 6.45) is 5.38. The zero-order chi connectivity index (χ0) is 10.7. The minimum absolute atomic E-state index is 0.256. The molecule has 0 aromatic carbocycles. The van der Waals surface area contributed by atoms with Gasteiger partial charge in [-0.2, -0.15) is 0 Å². The molecule has 84 valence electrons. The van der Waals surface area contributed by atoms with E-state index in [1.807, 2.05) is 6.20 Å². The van der Waals surface area contributed by atoms with E-state index in [-0.39, 0.29) is 6.61 Å². The Morgan fingerprint density at radius 3 is 3.13 bits per heavy atom. The summed E-state index contributed by atoms with van der Waals surface area (Å²) in [5.41, 5.74) is 0. The second-order valence-electron chi connectivity index (χ2n) is 3.88. The Bertz CT molecular complexity index is 318. The van der Waals surface area contributed by atoms with E-state index in [2.05, 4.69) is 9.88 Å².